The van der Waals surface area contributed by atoms with E-state index < -0.39 is 10.0 Å². The lowest BCUT2D eigenvalue weighted by molar-refractivity contribution is 0.0736. The van der Waals surface area contributed by atoms with Gasteiger partial charge in [0, 0.05) is 20.2 Å². The molecule has 8 heteroatoms. The van der Waals surface area contributed by atoms with Crippen LogP contribution in [0.25, 0.3) is 0 Å². The van der Waals surface area contributed by atoms with E-state index >= 15 is 0 Å². The number of sulfonamides is 1. The second-order valence-electron chi connectivity index (χ2n) is 3.48. The molecule has 0 spiro atoms. The van der Waals surface area contributed by atoms with E-state index in [-0.39, 0.29) is 10.8 Å². The minimum atomic E-state index is -3.44. The molecule has 18 heavy (non-hydrogen) atoms. The van der Waals surface area contributed by atoms with Crippen molar-refractivity contribution in [3.63, 3.8) is 0 Å². The minimum Gasteiger partial charge on any atom is -0.382 e. The summed E-state index contributed by atoms with van der Waals surface area (Å²) in [6.45, 7) is 1.85. The fraction of sp³-hybridized carbons (Fsp3) is 0.600. The van der Waals surface area contributed by atoms with Gasteiger partial charge < -0.3 is 15.2 Å². The van der Waals surface area contributed by atoms with Crippen molar-refractivity contribution in [2.45, 2.75) is 10.8 Å². The molecule has 0 aliphatic carbocycles. The topological polar surface area (TPSA) is 90.6 Å². The predicted molar refractivity (Wildman–Crippen MR) is 70.1 cm³/mol. The summed E-state index contributed by atoms with van der Waals surface area (Å²) in [6.07, 6.45) is 0. The van der Waals surface area contributed by atoms with Crippen molar-refractivity contribution in [1.82, 2.24) is 4.72 Å². The van der Waals surface area contributed by atoms with Gasteiger partial charge in [0.15, 0.2) is 0 Å². The van der Waals surface area contributed by atoms with Crippen LogP contribution in [-0.4, -0.2) is 41.9 Å². The first kappa shape index (κ1) is 15.5. The number of rotatable bonds is 9. The summed E-state index contributed by atoms with van der Waals surface area (Å²) < 4.78 is 36.4. The van der Waals surface area contributed by atoms with Crippen LogP contribution in [0.15, 0.2) is 15.7 Å². The third-order valence-corrected chi connectivity index (χ3v) is 5.05. The normalized spacial score (nSPS) is 11.9. The van der Waals surface area contributed by atoms with E-state index in [0.717, 1.165) is 16.9 Å². The van der Waals surface area contributed by atoms with Crippen LogP contribution in [0.5, 0.6) is 0 Å². The van der Waals surface area contributed by atoms with Crippen LogP contribution in [0.3, 0.4) is 0 Å². The van der Waals surface area contributed by atoms with Crippen molar-refractivity contribution < 1.29 is 17.9 Å². The molecule has 1 aromatic heterocycles. The molecule has 0 unspecified atom stereocenters. The van der Waals surface area contributed by atoms with Gasteiger partial charge in [0.2, 0.25) is 10.0 Å². The fourth-order valence-corrected chi connectivity index (χ4v) is 3.44. The standard InChI is InChI=1S/C10H18N2O4S2/c1-15-4-5-16-3-2-12-18(13,14)10-6-9(7-11)8-17-10/h6,8,12H,2-5,7,11H2,1H3. The molecule has 1 rings (SSSR count). The molecule has 0 aliphatic rings. The second-order valence-corrected chi connectivity index (χ2v) is 6.39. The first-order valence-corrected chi connectivity index (χ1v) is 7.80. The van der Waals surface area contributed by atoms with Gasteiger partial charge >= 0.3 is 0 Å². The highest BCUT2D eigenvalue weighted by molar-refractivity contribution is 7.91. The van der Waals surface area contributed by atoms with Gasteiger partial charge in [-0.25, -0.2) is 13.1 Å². The number of hydrogen-bond donors (Lipinski definition) is 2. The van der Waals surface area contributed by atoms with E-state index in [9.17, 15) is 8.42 Å². The van der Waals surface area contributed by atoms with Gasteiger partial charge in [0.05, 0.1) is 19.8 Å². The Bertz CT molecular complexity index is 444. The number of thiophene rings is 1. The van der Waals surface area contributed by atoms with Crippen LogP contribution in [0.2, 0.25) is 0 Å². The van der Waals surface area contributed by atoms with Crippen molar-refractivity contribution >= 4 is 21.4 Å². The lowest BCUT2D eigenvalue weighted by Gasteiger charge is -2.05. The summed E-state index contributed by atoms with van der Waals surface area (Å²) in [5.74, 6) is 0. The molecule has 6 nitrogen and oxygen atoms in total. The second kappa shape index (κ2) is 7.82. The Labute approximate surface area is 111 Å². The number of methoxy groups -OCH3 is 1. The largest absolute Gasteiger partial charge is 0.382 e. The Morgan fingerprint density at radius 2 is 2.17 bits per heavy atom. The van der Waals surface area contributed by atoms with E-state index in [1.807, 2.05) is 0 Å². The van der Waals surface area contributed by atoms with Crippen molar-refractivity contribution in [2.75, 3.05) is 33.5 Å². The van der Waals surface area contributed by atoms with Crippen LogP contribution < -0.4 is 10.5 Å². The molecule has 0 fully saturated rings. The lowest BCUT2D eigenvalue weighted by Crippen LogP contribution is -2.27. The molecule has 0 saturated carbocycles. The minimum absolute atomic E-state index is 0.238. The zero-order chi connectivity index (χ0) is 13.4. The molecule has 1 heterocycles. The van der Waals surface area contributed by atoms with E-state index in [2.05, 4.69) is 4.72 Å². The monoisotopic (exact) mass is 294 g/mol. The third-order valence-electron chi connectivity index (χ3n) is 2.10. The van der Waals surface area contributed by atoms with Gasteiger partial charge in [-0.3, -0.25) is 0 Å². The number of ether oxygens (including phenoxy) is 2. The summed E-state index contributed by atoms with van der Waals surface area (Å²) in [6, 6.07) is 1.58. The van der Waals surface area contributed by atoms with Gasteiger partial charge in [0.1, 0.15) is 4.21 Å². The van der Waals surface area contributed by atoms with Gasteiger partial charge in [-0.1, -0.05) is 0 Å². The van der Waals surface area contributed by atoms with E-state index in [1.54, 1.807) is 18.6 Å². The Balaban J connectivity index is 2.36. The summed E-state index contributed by atoms with van der Waals surface area (Å²) >= 11 is 1.16. The molecule has 104 valence electrons. The Hall–Kier alpha value is -0.510. The first-order valence-electron chi connectivity index (χ1n) is 5.44. The molecule has 1 aromatic rings. The summed E-state index contributed by atoms with van der Waals surface area (Å²) in [5, 5.41) is 1.74. The average Bonchev–Trinajstić information content (AvgIpc) is 2.83. The SMILES string of the molecule is COCCOCCNS(=O)(=O)c1cc(CN)cs1. The quantitative estimate of drug-likeness (QED) is 0.633. The zero-order valence-corrected chi connectivity index (χ0v) is 11.9. The van der Waals surface area contributed by atoms with Crippen LogP contribution in [-0.2, 0) is 26.0 Å². The first-order chi connectivity index (χ1) is 8.60. The lowest BCUT2D eigenvalue weighted by atomic mass is 10.4. The van der Waals surface area contributed by atoms with Gasteiger partial charge in [-0.15, -0.1) is 11.3 Å². The highest BCUT2D eigenvalue weighted by atomic mass is 32.2. The molecule has 3 N–H and O–H groups in total. The summed E-state index contributed by atoms with van der Waals surface area (Å²) in [5.41, 5.74) is 6.25. The maximum atomic E-state index is 11.8. The number of hydrogen-bond acceptors (Lipinski definition) is 6. The molecule has 0 bridgehead atoms. The zero-order valence-electron chi connectivity index (χ0n) is 10.2. The smallest absolute Gasteiger partial charge is 0.250 e. The fourth-order valence-electron chi connectivity index (χ4n) is 1.16. The maximum absolute atomic E-state index is 11.8. The van der Waals surface area contributed by atoms with E-state index in [1.165, 1.54) is 0 Å². The van der Waals surface area contributed by atoms with E-state index in [4.69, 9.17) is 15.2 Å². The highest BCUT2D eigenvalue weighted by Gasteiger charge is 2.15. The molecule has 0 radical (unpaired) electrons. The Kier molecular flexibility index (Phi) is 6.76. The van der Waals surface area contributed by atoms with Gasteiger partial charge in [0.25, 0.3) is 0 Å². The van der Waals surface area contributed by atoms with Crippen molar-refractivity contribution in [3.05, 3.63) is 17.0 Å². The molecule has 0 amide bonds. The average molecular weight is 294 g/mol. The van der Waals surface area contributed by atoms with E-state index in [0.29, 0.717) is 26.4 Å². The Morgan fingerprint density at radius 3 is 2.78 bits per heavy atom. The van der Waals surface area contributed by atoms with Crippen LogP contribution >= 0.6 is 11.3 Å². The van der Waals surface area contributed by atoms with Crippen molar-refractivity contribution in [2.24, 2.45) is 5.73 Å². The van der Waals surface area contributed by atoms with Gasteiger partial charge in [-0.2, -0.15) is 0 Å². The predicted octanol–water partition coefficient (Wildman–Crippen LogP) is 0.148. The number of nitrogens with one attached hydrogen (secondary N) is 1. The van der Waals surface area contributed by atoms with Crippen molar-refractivity contribution in [1.29, 1.82) is 0 Å². The van der Waals surface area contributed by atoms with Crippen LogP contribution in [0.4, 0.5) is 0 Å². The van der Waals surface area contributed by atoms with Gasteiger partial charge in [-0.05, 0) is 17.0 Å². The summed E-state index contributed by atoms with van der Waals surface area (Å²) in [7, 11) is -1.86. The van der Waals surface area contributed by atoms with Crippen LogP contribution in [0, 0.1) is 0 Å². The molecular weight excluding hydrogens is 276 g/mol. The number of nitrogens with two attached hydrogens (primary N) is 1. The van der Waals surface area contributed by atoms with Crippen LogP contribution in [0.1, 0.15) is 5.56 Å². The molecular formula is C10H18N2O4S2. The molecule has 0 aromatic carbocycles. The third kappa shape index (κ3) is 5.01. The maximum Gasteiger partial charge on any atom is 0.250 e. The Morgan fingerprint density at radius 1 is 1.39 bits per heavy atom. The molecule has 0 saturated heterocycles. The van der Waals surface area contributed by atoms with Crippen molar-refractivity contribution in [3.8, 4) is 0 Å². The molecule has 0 aliphatic heterocycles. The highest BCUT2D eigenvalue weighted by Crippen LogP contribution is 2.19. The molecule has 0 atom stereocenters. The summed E-state index contributed by atoms with van der Waals surface area (Å²) in [4.78, 5) is 0.